The number of cyclic esters (lactones) is 1. The Labute approximate surface area is 206 Å². The van der Waals surface area contributed by atoms with Gasteiger partial charge in [-0.2, -0.15) is 0 Å². The van der Waals surface area contributed by atoms with E-state index in [4.69, 9.17) is 4.74 Å². The van der Waals surface area contributed by atoms with Crippen LogP contribution in [0.3, 0.4) is 0 Å². The number of likely N-dealkylation sites (tertiary alicyclic amines) is 1. The molecule has 0 aromatic heterocycles. The van der Waals surface area contributed by atoms with Crippen molar-refractivity contribution in [2.45, 2.75) is 81.5 Å². The zero-order valence-electron chi connectivity index (χ0n) is 20.7. The van der Waals surface area contributed by atoms with Crippen molar-refractivity contribution >= 4 is 29.5 Å². The molecule has 8 heteroatoms. The second kappa shape index (κ2) is 10.1. The Morgan fingerprint density at radius 3 is 2.65 bits per heavy atom. The molecule has 2 unspecified atom stereocenters. The van der Waals surface area contributed by atoms with Crippen LogP contribution in [0, 0.1) is 17.8 Å². The Bertz CT molecular complexity index is 875. The Balaban J connectivity index is 1.86. The molecule has 8 atom stereocenters. The number of carbonyl (C=O) groups is 3. The summed E-state index contributed by atoms with van der Waals surface area (Å²) in [4.78, 5) is 45.1. The van der Waals surface area contributed by atoms with E-state index in [9.17, 15) is 19.5 Å². The molecule has 2 saturated heterocycles. The highest BCUT2D eigenvalue weighted by Crippen LogP contribution is 2.61. The lowest BCUT2D eigenvalue weighted by Crippen LogP contribution is -2.58. The van der Waals surface area contributed by atoms with Crippen LogP contribution in [0.2, 0.25) is 0 Å². The van der Waals surface area contributed by atoms with E-state index in [0.29, 0.717) is 19.6 Å². The molecule has 0 aliphatic carbocycles. The minimum Gasteiger partial charge on any atom is -0.465 e. The predicted molar refractivity (Wildman–Crippen MR) is 132 cm³/mol. The van der Waals surface area contributed by atoms with E-state index in [2.05, 4.69) is 13.8 Å². The molecule has 0 bridgehead atoms. The van der Waals surface area contributed by atoms with E-state index in [-0.39, 0.29) is 41.6 Å². The van der Waals surface area contributed by atoms with Crippen LogP contribution in [0.1, 0.15) is 53.4 Å². The van der Waals surface area contributed by atoms with Gasteiger partial charge >= 0.3 is 5.97 Å². The Hall–Kier alpha value is -1.80. The fourth-order valence-corrected chi connectivity index (χ4v) is 8.19. The van der Waals surface area contributed by atoms with E-state index < -0.39 is 28.7 Å². The van der Waals surface area contributed by atoms with E-state index in [1.54, 1.807) is 16.7 Å². The van der Waals surface area contributed by atoms with Crippen molar-refractivity contribution in [1.29, 1.82) is 0 Å². The summed E-state index contributed by atoms with van der Waals surface area (Å²) >= 11 is 1.56. The van der Waals surface area contributed by atoms with Crippen LogP contribution in [0.15, 0.2) is 24.3 Å². The SMILES string of the molecule is CCCC(C)N1CC=C[C@]23S[C@H]4C=CCCOC(=O)[C@H]4[C@H]2C(=O)N([C@@H](CO)[C@@H](C)CC)C3C1=O. The number of rotatable bonds is 7. The highest BCUT2D eigenvalue weighted by atomic mass is 32.2. The Morgan fingerprint density at radius 2 is 1.97 bits per heavy atom. The van der Waals surface area contributed by atoms with Gasteiger partial charge in [0.1, 0.15) is 6.04 Å². The molecular weight excluding hydrogens is 452 g/mol. The van der Waals surface area contributed by atoms with Gasteiger partial charge in [-0.15, -0.1) is 11.8 Å². The summed E-state index contributed by atoms with van der Waals surface area (Å²) in [5.74, 6) is -1.97. The minimum atomic E-state index is -0.862. The van der Waals surface area contributed by atoms with Gasteiger partial charge in [0, 0.05) is 17.8 Å². The molecule has 4 rings (SSSR count). The highest BCUT2D eigenvalue weighted by molar-refractivity contribution is 8.02. The van der Waals surface area contributed by atoms with Gasteiger partial charge in [-0.25, -0.2) is 0 Å². The molecule has 2 amide bonds. The van der Waals surface area contributed by atoms with Crippen LogP contribution < -0.4 is 0 Å². The first-order valence-corrected chi connectivity index (χ1v) is 13.6. The number of aliphatic hydroxyl groups is 1. The van der Waals surface area contributed by atoms with E-state index >= 15 is 0 Å². The third kappa shape index (κ3) is 3.91. The first kappa shape index (κ1) is 25.3. The molecule has 1 spiro atoms. The van der Waals surface area contributed by atoms with Crippen molar-refractivity contribution in [3.8, 4) is 0 Å². The largest absolute Gasteiger partial charge is 0.465 e. The number of hydrogen-bond acceptors (Lipinski definition) is 6. The van der Waals surface area contributed by atoms with Gasteiger partial charge in [-0.3, -0.25) is 14.4 Å². The maximum absolute atomic E-state index is 14.3. The quantitative estimate of drug-likeness (QED) is 0.436. The second-order valence-corrected chi connectivity index (χ2v) is 11.6. The van der Waals surface area contributed by atoms with Crippen molar-refractivity contribution < 1.29 is 24.2 Å². The molecular formula is C26H38N2O5S. The summed E-state index contributed by atoms with van der Waals surface area (Å²) in [6.07, 6.45) is 11.3. The van der Waals surface area contributed by atoms with Crippen LogP contribution in [0.4, 0.5) is 0 Å². The molecule has 188 valence electrons. The summed E-state index contributed by atoms with van der Waals surface area (Å²) in [6.45, 7) is 8.75. The summed E-state index contributed by atoms with van der Waals surface area (Å²) in [6, 6.07) is -1.20. The molecule has 2 fully saturated rings. The standard InChI is InChI=1S/C26H38N2O5S/c1-5-10-17(4)27-13-9-12-26-21(20-19(34-26)11-7-8-14-33-25(20)32)23(30)28(22(26)24(27)31)18(15-29)16(3)6-2/h7,9,11-12,16-22,29H,5-6,8,10,13-15H2,1-4H3/t16-,17?,18-,19-,20+,21-,22?,26-/m0/s1. The van der Waals surface area contributed by atoms with Gasteiger partial charge in [-0.1, -0.05) is 57.9 Å². The average molecular weight is 491 g/mol. The number of aliphatic hydroxyl groups excluding tert-OH is 1. The first-order valence-electron chi connectivity index (χ1n) is 12.7. The first-order chi connectivity index (χ1) is 16.3. The third-order valence-electron chi connectivity index (χ3n) is 8.17. The molecule has 4 aliphatic heterocycles. The number of fused-ring (bicyclic) bond motifs is 2. The van der Waals surface area contributed by atoms with Gasteiger partial charge in [0.2, 0.25) is 11.8 Å². The van der Waals surface area contributed by atoms with Crippen LogP contribution in [-0.4, -0.2) is 80.6 Å². The molecule has 4 heterocycles. The number of esters is 1. The minimum absolute atomic E-state index is 0.0105. The van der Waals surface area contributed by atoms with Gasteiger partial charge < -0.3 is 19.6 Å². The number of hydrogen-bond donors (Lipinski definition) is 1. The van der Waals surface area contributed by atoms with Crippen molar-refractivity contribution in [3.63, 3.8) is 0 Å². The maximum Gasteiger partial charge on any atom is 0.311 e. The number of nitrogens with zero attached hydrogens (tertiary/aromatic N) is 2. The van der Waals surface area contributed by atoms with Crippen molar-refractivity contribution in [2.75, 3.05) is 19.8 Å². The number of carbonyl (C=O) groups excluding carboxylic acids is 3. The summed E-state index contributed by atoms with van der Waals surface area (Å²) in [5, 5.41) is 10.2. The van der Waals surface area contributed by atoms with E-state index in [1.165, 1.54) is 0 Å². The molecule has 34 heavy (non-hydrogen) atoms. The molecule has 4 aliphatic rings. The lowest BCUT2D eigenvalue weighted by atomic mass is 9.78. The highest BCUT2D eigenvalue weighted by Gasteiger charge is 2.72. The topological polar surface area (TPSA) is 87.2 Å². The van der Waals surface area contributed by atoms with Gasteiger partial charge in [0.05, 0.1) is 35.8 Å². The van der Waals surface area contributed by atoms with Crippen molar-refractivity contribution in [1.82, 2.24) is 9.80 Å². The molecule has 7 nitrogen and oxygen atoms in total. The molecule has 0 saturated carbocycles. The number of amides is 2. The normalized spacial score (nSPS) is 35.6. The maximum atomic E-state index is 14.3. The zero-order valence-corrected chi connectivity index (χ0v) is 21.5. The van der Waals surface area contributed by atoms with Crippen molar-refractivity contribution in [2.24, 2.45) is 17.8 Å². The summed E-state index contributed by atoms with van der Waals surface area (Å²) in [5.41, 5.74) is 0. The van der Waals surface area contributed by atoms with E-state index in [1.807, 2.05) is 43.1 Å². The monoisotopic (exact) mass is 490 g/mol. The van der Waals surface area contributed by atoms with Gasteiger partial charge in [0.15, 0.2) is 0 Å². The molecule has 0 aromatic carbocycles. The molecule has 0 aromatic rings. The Kier molecular flexibility index (Phi) is 7.48. The Morgan fingerprint density at radius 1 is 1.21 bits per heavy atom. The lowest BCUT2D eigenvalue weighted by molar-refractivity contribution is -0.154. The second-order valence-electron chi connectivity index (χ2n) is 10.1. The van der Waals surface area contributed by atoms with Crippen LogP contribution in [-0.2, 0) is 19.1 Å². The fourth-order valence-electron chi connectivity index (χ4n) is 6.21. The molecule has 1 N–H and O–H groups in total. The third-order valence-corrected chi connectivity index (χ3v) is 9.92. The number of thioether (sulfide) groups is 1. The van der Waals surface area contributed by atoms with Crippen LogP contribution in [0.25, 0.3) is 0 Å². The predicted octanol–water partition coefficient (Wildman–Crippen LogP) is 2.78. The fraction of sp³-hybridized carbons (Fsp3) is 0.731. The zero-order chi connectivity index (χ0) is 24.6. The van der Waals surface area contributed by atoms with Gasteiger partial charge in [0.25, 0.3) is 0 Å². The number of ether oxygens (including phenoxy) is 1. The summed E-state index contributed by atoms with van der Waals surface area (Å²) in [7, 11) is 0. The smallest absolute Gasteiger partial charge is 0.311 e. The van der Waals surface area contributed by atoms with Gasteiger partial charge in [-0.05, 0) is 25.7 Å². The van der Waals surface area contributed by atoms with E-state index in [0.717, 1.165) is 19.3 Å². The van der Waals surface area contributed by atoms with Crippen molar-refractivity contribution in [3.05, 3.63) is 24.3 Å². The van der Waals surface area contributed by atoms with Crippen LogP contribution in [0.5, 0.6) is 0 Å². The average Bonchev–Trinajstić information content (AvgIpc) is 3.18. The lowest BCUT2D eigenvalue weighted by Gasteiger charge is -2.41. The summed E-state index contributed by atoms with van der Waals surface area (Å²) < 4.78 is 4.66. The van der Waals surface area contributed by atoms with Crippen LogP contribution >= 0.6 is 11.8 Å². The molecule has 0 radical (unpaired) electrons.